The van der Waals surface area contributed by atoms with E-state index in [1.165, 1.54) is 11.1 Å². The van der Waals surface area contributed by atoms with Crippen molar-refractivity contribution in [1.82, 2.24) is 9.59 Å². The number of halogens is 1. The van der Waals surface area contributed by atoms with Crippen LogP contribution in [-0.4, -0.2) is 15.6 Å². The van der Waals surface area contributed by atoms with Gasteiger partial charge in [0, 0.05) is 11.5 Å². The van der Waals surface area contributed by atoms with Gasteiger partial charge in [-0.25, -0.2) is 4.79 Å². The van der Waals surface area contributed by atoms with Gasteiger partial charge >= 0.3 is 5.97 Å². The van der Waals surface area contributed by atoms with E-state index in [1.807, 2.05) is 18.2 Å². The third-order valence-electron chi connectivity index (χ3n) is 3.18. The Bertz CT molecular complexity index is 627. The molecule has 98 valence electrons. The van der Waals surface area contributed by atoms with Crippen molar-refractivity contribution in [1.29, 1.82) is 0 Å². The lowest BCUT2D eigenvalue weighted by atomic mass is 10.1. The number of hydrogen-bond acceptors (Lipinski definition) is 5. The summed E-state index contributed by atoms with van der Waals surface area (Å²) >= 11 is 6.93. The lowest BCUT2D eigenvalue weighted by Crippen LogP contribution is -2.06. The Morgan fingerprint density at radius 2 is 2.21 bits per heavy atom. The van der Waals surface area contributed by atoms with Gasteiger partial charge in [-0.15, -0.1) is 5.10 Å². The van der Waals surface area contributed by atoms with Crippen LogP contribution in [0.2, 0.25) is 4.34 Å². The molecule has 0 aliphatic heterocycles. The van der Waals surface area contributed by atoms with Gasteiger partial charge in [0.05, 0.1) is 5.56 Å². The Balaban J connectivity index is 1.69. The third-order valence-corrected chi connectivity index (χ3v) is 4.17. The number of ether oxygens (including phenoxy) is 1. The Labute approximate surface area is 119 Å². The molecule has 6 heteroatoms. The fourth-order valence-electron chi connectivity index (χ4n) is 2.20. The Hall–Kier alpha value is -1.46. The van der Waals surface area contributed by atoms with Gasteiger partial charge in [0.25, 0.3) is 0 Å². The van der Waals surface area contributed by atoms with Gasteiger partial charge in [-0.1, -0.05) is 22.2 Å². The largest absolute Gasteiger partial charge is 0.455 e. The first-order valence-electron chi connectivity index (χ1n) is 5.99. The third kappa shape index (κ3) is 2.62. The molecule has 0 fully saturated rings. The van der Waals surface area contributed by atoms with E-state index in [2.05, 4.69) is 9.59 Å². The van der Waals surface area contributed by atoms with E-state index in [4.69, 9.17) is 16.3 Å². The second-order valence-electron chi connectivity index (χ2n) is 4.41. The number of fused-ring (bicyclic) bond motifs is 1. The maximum atomic E-state index is 11.9. The van der Waals surface area contributed by atoms with Gasteiger partial charge in [-0.2, -0.15) is 0 Å². The average Bonchev–Trinajstić information content (AvgIpc) is 3.03. The molecule has 0 radical (unpaired) electrons. The molecule has 1 aromatic carbocycles. The Kier molecular flexibility index (Phi) is 3.48. The minimum atomic E-state index is -0.348. The monoisotopic (exact) mass is 294 g/mol. The molecule has 4 nitrogen and oxygen atoms in total. The average molecular weight is 295 g/mol. The van der Waals surface area contributed by atoms with Gasteiger partial charge in [0.1, 0.15) is 16.6 Å². The summed E-state index contributed by atoms with van der Waals surface area (Å²) in [5.74, 6) is -0.348. The molecule has 0 spiro atoms. The standard InChI is InChI=1S/C13H11ClN2O2S/c14-12-11(15-16-19-12)7-18-13(17)10-5-4-8-2-1-3-9(8)6-10/h4-6H,1-3,7H2. The van der Waals surface area contributed by atoms with Crippen LogP contribution < -0.4 is 0 Å². The van der Waals surface area contributed by atoms with Crippen LogP contribution in [0.3, 0.4) is 0 Å². The fraction of sp³-hybridized carbons (Fsp3) is 0.308. The first-order chi connectivity index (χ1) is 9.24. The van der Waals surface area contributed by atoms with Crippen molar-refractivity contribution >= 4 is 29.1 Å². The summed E-state index contributed by atoms with van der Waals surface area (Å²) in [6, 6.07) is 5.75. The molecule has 0 saturated heterocycles. The van der Waals surface area contributed by atoms with Crippen LogP contribution >= 0.6 is 23.1 Å². The normalized spacial score (nSPS) is 13.3. The van der Waals surface area contributed by atoms with Crippen LogP contribution in [0.4, 0.5) is 0 Å². The van der Waals surface area contributed by atoms with Crippen LogP contribution in [0, 0.1) is 0 Å². The summed E-state index contributed by atoms with van der Waals surface area (Å²) in [7, 11) is 0. The summed E-state index contributed by atoms with van der Waals surface area (Å²) < 4.78 is 9.34. The first-order valence-corrected chi connectivity index (χ1v) is 7.15. The van der Waals surface area contributed by atoms with Crippen molar-refractivity contribution in [3.05, 3.63) is 44.9 Å². The molecular weight excluding hydrogens is 284 g/mol. The van der Waals surface area contributed by atoms with Crippen LogP contribution in [0.1, 0.15) is 33.6 Å². The van der Waals surface area contributed by atoms with E-state index in [1.54, 1.807) is 0 Å². The second-order valence-corrected chi connectivity index (χ2v) is 5.76. The highest BCUT2D eigenvalue weighted by Crippen LogP contribution is 2.23. The number of hydrogen-bond donors (Lipinski definition) is 0. The van der Waals surface area contributed by atoms with Crippen LogP contribution in [0.15, 0.2) is 18.2 Å². The van der Waals surface area contributed by atoms with Gasteiger partial charge in [-0.05, 0) is 42.5 Å². The summed E-state index contributed by atoms with van der Waals surface area (Å²) in [6.07, 6.45) is 3.30. The Morgan fingerprint density at radius 1 is 1.37 bits per heavy atom. The predicted molar refractivity (Wildman–Crippen MR) is 72.5 cm³/mol. The molecule has 1 heterocycles. The van der Waals surface area contributed by atoms with Crippen LogP contribution in [-0.2, 0) is 24.2 Å². The van der Waals surface area contributed by atoms with Crippen molar-refractivity contribution in [2.24, 2.45) is 0 Å². The van der Waals surface area contributed by atoms with E-state index in [-0.39, 0.29) is 12.6 Å². The Morgan fingerprint density at radius 3 is 3.00 bits per heavy atom. The van der Waals surface area contributed by atoms with Gasteiger partial charge in [0.15, 0.2) is 0 Å². The molecule has 0 bridgehead atoms. The molecule has 1 aliphatic carbocycles. The number of carbonyl (C=O) groups is 1. The van der Waals surface area contributed by atoms with E-state index in [0.29, 0.717) is 15.6 Å². The molecule has 1 aliphatic rings. The van der Waals surface area contributed by atoms with Crippen molar-refractivity contribution in [3.63, 3.8) is 0 Å². The fourth-order valence-corrected chi connectivity index (χ4v) is 2.80. The number of aromatic nitrogens is 2. The van der Waals surface area contributed by atoms with Gasteiger partial charge in [-0.3, -0.25) is 0 Å². The number of benzene rings is 1. The smallest absolute Gasteiger partial charge is 0.338 e. The highest BCUT2D eigenvalue weighted by molar-refractivity contribution is 7.10. The second kappa shape index (κ2) is 5.27. The highest BCUT2D eigenvalue weighted by Gasteiger charge is 2.15. The van der Waals surface area contributed by atoms with E-state index in [9.17, 15) is 4.79 Å². The number of aryl methyl sites for hydroxylation is 2. The maximum absolute atomic E-state index is 11.9. The van der Waals surface area contributed by atoms with E-state index in [0.717, 1.165) is 30.8 Å². The SMILES string of the molecule is O=C(OCc1nnsc1Cl)c1ccc2c(c1)CCC2. The zero-order valence-corrected chi connectivity index (χ0v) is 11.6. The molecule has 19 heavy (non-hydrogen) atoms. The minimum absolute atomic E-state index is 0.0608. The number of esters is 1. The zero-order chi connectivity index (χ0) is 13.2. The first kappa shape index (κ1) is 12.6. The summed E-state index contributed by atoms with van der Waals surface area (Å²) in [4.78, 5) is 11.9. The molecule has 0 N–H and O–H groups in total. The molecule has 0 saturated carbocycles. The molecule has 1 aromatic heterocycles. The molecule has 3 rings (SSSR count). The summed E-state index contributed by atoms with van der Waals surface area (Å²) in [5, 5.41) is 3.80. The number of rotatable bonds is 3. The molecular formula is C13H11ClN2O2S. The predicted octanol–water partition coefficient (Wildman–Crippen LogP) is 3.04. The summed E-state index contributed by atoms with van der Waals surface area (Å²) in [6.45, 7) is 0.0608. The number of carbonyl (C=O) groups excluding carboxylic acids is 1. The van der Waals surface area contributed by atoms with Gasteiger partial charge in [0.2, 0.25) is 0 Å². The molecule has 0 unspecified atom stereocenters. The minimum Gasteiger partial charge on any atom is -0.455 e. The number of nitrogens with zero attached hydrogens (tertiary/aromatic N) is 2. The van der Waals surface area contributed by atoms with Crippen molar-refractivity contribution < 1.29 is 9.53 Å². The van der Waals surface area contributed by atoms with Crippen molar-refractivity contribution in [3.8, 4) is 0 Å². The van der Waals surface area contributed by atoms with Gasteiger partial charge < -0.3 is 4.74 Å². The maximum Gasteiger partial charge on any atom is 0.338 e. The van der Waals surface area contributed by atoms with Crippen LogP contribution in [0.25, 0.3) is 0 Å². The van der Waals surface area contributed by atoms with Crippen LogP contribution in [0.5, 0.6) is 0 Å². The van der Waals surface area contributed by atoms with Crippen molar-refractivity contribution in [2.75, 3.05) is 0 Å². The molecule has 0 atom stereocenters. The van der Waals surface area contributed by atoms with E-state index >= 15 is 0 Å². The zero-order valence-electron chi connectivity index (χ0n) is 10.1. The van der Waals surface area contributed by atoms with Crippen molar-refractivity contribution in [2.45, 2.75) is 25.9 Å². The summed E-state index contributed by atoms with van der Waals surface area (Å²) in [5.41, 5.74) is 3.67. The quantitative estimate of drug-likeness (QED) is 0.817. The molecule has 0 amide bonds. The highest BCUT2D eigenvalue weighted by atomic mass is 35.5. The molecule has 2 aromatic rings. The lowest BCUT2D eigenvalue weighted by molar-refractivity contribution is 0.0468. The lowest BCUT2D eigenvalue weighted by Gasteiger charge is -2.05. The topological polar surface area (TPSA) is 52.1 Å². The van der Waals surface area contributed by atoms with E-state index < -0.39 is 0 Å².